The molecule has 3 heteroatoms. The molecule has 1 amide bonds. The molecule has 3 aromatic carbocycles. The van der Waals surface area contributed by atoms with Gasteiger partial charge >= 0.3 is 0 Å². The molecule has 3 nitrogen and oxygen atoms in total. The molecule has 0 fully saturated rings. The van der Waals surface area contributed by atoms with Crippen LogP contribution in [0.1, 0.15) is 37.8 Å². The summed E-state index contributed by atoms with van der Waals surface area (Å²) in [7, 11) is 0. The quantitative estimate of drug-likeness (QED) is 0.678. The van der Waals surface area contributed by atoms with Crippen molar-refractivity contribution in [3.63, 3.8) is 0 Å². The minimum absolute atomic E-state index is 0.114. The fourth-order valence-corrected chi connectivity index (χ4v) is 2.99. The molecule has 0 saturated carbocycles. The highest BCUT2D eigenvalue weighted by molar-refractivity contribution is 5.83. The normalized spacial score (nSPS) is 12.2. The Morgan fingerprint density at radius 1 is 0.923 bits per heavy atom. The van der Waals surface area contributed by atoms with Crippen molar-refractivity contribution in [1.82, 2.24) is 5.32 Å². The number of carbonyl (C=O) groups is 1. The van der Waals surface area contributed by atoms with Crippen molar-refractivity contribution in [1.29, 1.82) is 0 Å². The van der Waals surface area contributed by atoms with Crippen LogP contribution in [0.3, 0.4) is 0 Å². The van der Waals surface area contributed by atoms with Gasteiger partial charge in [0, 0.05) is 6.54 Å². The topological polar surface area (TPSA) is 38.3 Å². The fourth-order valence-electron chi connectivity index (χ4n) is 2.99. The monoisotopic (exact) mass is 347 g/mol. The summed E-state index contributed by atoms with van der Waals surface area (Å²) >= 11 is 0. The average Bonchev–Trinajstić information content (AvgIpc) is 2.66. The third kappa shape index (κ3) is 4.23. The minimum atomic E-state index is -0.546. The van der Waals surface area contributed by atoms with Crippen molar-refractivity contribution >= 4 is 16.7 Å². The van der Waals surface area contributed by atoms with Crippen molar-refractivity contribution in [2.75, 3.05) is 0 Å². The molecule has 0 aliphatic heterocycles. The van der Waals surface area contributed by atoms with E-state index in [1.54, 1.807) is 6.92 Å². The van der Waals surface area contributed by atoms with Gasteiger partial charge < -0.3 is 10.1 Å². The zero-order chi connectivity index (χ0) is 18.5. The second-order valence-electron chi connectivity index (χ2n) is 6.85. The Hall–Kier alpha value is -2.81. The SMILES string of the molecule is CC(C)c1ccccc1O[C@H](C)C(=O)NCc1ccc2ccccc2c1. The Morgan fingerprint density at radius 2 is 1.62 bits per heavy atom. The first-order valence-corrected chi connectivity index (χ1v) is 9.05. The van der Waals surface area contributed by atoms with E-state index in [2.05, 4.69) is 43.4 Å². The lowest BCUT2D eigenvalue weighted by Gasteiger charge is -2.18. The van der Waals surface area contributed by atoms with Crippen LogP contribution in [0.25, 0.3) is 10.8 Å². The zero-order valence-electron chi connectivity index (χ0n) is 15.5. The number of ether oxygens (including phenoxy) is 1. The molecule has 0 unspecified atom stereocenters. The largest absolute Gasteiger partial charge is 0.481 e. The Kier molecular flexibility index (Phi) is 5.57. The van der Waals surface area contributed by atoms with E-state index in [0.717, 1.165) is 16.9 Å². The number of fused-ring (bicyclic) bond motifs is 1. The second-order valence-corrected chi connectivity index (χ2v) is 6.85. The highest BCUT2D eigenvalue weighted by Crippen LogP contribution is 2.26. The zero-order valence-corrected chi connectivity index (χ0v) is 15.5. The van der Waals surface area contributed by atoms with Crippen molar-refractivity contribution in [2.45, 2.75) is 39.3 Å². The van der Waals surface area contributed by atoms with Gasteiger partial charge in [-0.3, -0.25) is 4.79 Å². The van der Waals surface area contributed by atoms with E-state index < -0.39 is 6.10 Å². The molecule has 0 heterocycles. The van der Waals surface area contributed by atoms with E-state index >= 15 is 0 Å². The van der Waals surface area contributed by atoms with E-state index in [-0.39, 0.29) is 5.91 Å². The van der Waals surface area contributed by atoms with Crippen molar-refractivity contribution in [2.24, 2.45) is 0 Å². The van der Waals surface area contributed by atoms with Crippen LogP contribution in [0.2, 0.25) is 0 Å². The third-order valence-electron chi connectivity index (χ3n) is 4.49. The molecule has 0 aliphatic rings. The van der Waals surface area contributed by atoms with Gasteiger partial charge in [-0.25, -0.2) is 0 Å². The first kappa shape index (κ1) is 18.0. The Bertz CT molecular complexity index is 901. The van der Waals surface area contributed by atoms with E-state index in [1.807, 2.05) is 42.5 Å². The summed E-state index contributed by atoms with van der Waals surface area (Å²) in [6.45, 7) is 6.51. The van der Waals surface area contributed by atoms with E-state index in [4.69, 9.17) is 4.74 Å². The number of amides is 1. The number of benzene rings is 3. The van der Waals surface area contributed by atoms with Gasteiger partial charge in [0.25, 0.3) is 5.91 Å². The smallest absolute Gasteiger partial charge is 0.261 e. The van der Waals surface area contributed by atoms with Crippen LogP contribution in [-0.2, 0) is 11.3 Å². The lowest BCUT2D eigenvalue weighted by atomic mass is 10.0. The van der Waals surface area contributed by atoms with Crippen LogP contribution < -0.4 is 10.1 Å². The molecule has 0 aliphatic carbocycles. The lowest BCUT2D eigenvalue weighted by Crippen LogP contribution is -2.36. The summed E-state index contributed by atoms with van der Waals surface area (Å²) in [6, 6.07) is 22.3. The highest BCUT2D eigenvalue weighted by Gasteiger charge is 2.17. The van der Waals surface area contributed by atoms with Gasteiger partial charge in [-0.1, -0.05) is 68.4 Å². The maximum Gasteiger partial charge on any atom is 0.261 e. The number of para-hydroxylation sites is 1. The summed E-state index contributed by atoms with van der Waals surface area (Å²) < 4.78 is 5.92. The van der Waals surface area contributed by atoms with Gasteiger partial charge in [0.2, 0.25) is 0 Å². The first-order valence-electron chi connectivity index (χ1n) is 9.05. The lowest BCUT2D eigenvalue weighted by molar-refractivity contribution is -0.127. The summed E-state index contributed by atoms with van der Waals surface area (Å²) in [5.41, 5.74) is 2.19. The number of hydrogen-bond donors (Lipinski definition) is 1. The molecule has 0 radical (unpaired) electrons. The standard InChI is InChI=1S/C23H25NO2/c1-16(2)21-10-6-7-11-22(21)26-17(3)23(25)24-15-18-12-13-19-8-4-5-9-20(19)14-18/h4-14,16-17H,15H2,1-3H3,(H,24,25)/t17-/m1/s1. The van der Waals surface area contributed by atoms with E-state index in [0.29, 0.717) is 12.5 Å². The van der Waals surface area contributed by atoms with Gasteiger partial charge in [-0.15, -0.1) is 0 Å². The molecule has 1 atom stereocenters. The number of hydrogen-bond acceptors (Lipinski definition) is 2. The molecule has 3 rings (SSSR count). The minimum Gasteiger partial charge on any atom is -0.481 e. The summed E-state index contributed by atoms with van der Waals surface area (Å²) in [5.74, 6) is 1.01. The van der Waals surface area contributed by atoms with Gasteiger partial charge in [-0.05, 0) is 46.9 Å². The molecule has 0 saturated heterocycles. The van der Waals surface area contributed by atoms with Crippen LogP contribution in [0.5, 0.6) is 5.75 Å². The van der Waals surface area contributed by atoms with Crippen LogP contribution in [0.15, 0.2) is 66.7 Å². The summed E-state index contributed by atoms with van der Waals surface area (Å²) in [4.78, 5) is 12.4. The van der Waals surface area contributed by atoms with Crippen molar-refractivity contribution < 1.29 is 9.53 Å². The van der Waals surface area contributed by atoms with Gasteiger partial charge in [0.15, 0.2) is 6.10 Å². The molecule has 134 valence electrons. The molecular formula is C23H25NO2. The molecule has 0 spiro atoms. The molecule has 3 aromatic rings. The third-order valence-corrected chi connectivity index (χ3v) is 4.49. The number of rotatable bonds is 6. The first-order chi connectivity index (χ1) is 12.5. The average molecular weight is 347 g/mol. The Labute approximate surface area is 155 Å². The maximum atomic E-state index is 12.4. The highest BCUT2D eigenvalue weighted by atomic mass is 16.5. The van der Waals surface area contributed by atoms with E-state index in [1.165, 1.54) is 10.8 Å². The van der Waals surface area contributed by atoms with Crippen LogP contribution in [0.4, 0.5) is 0 Å². The molecule has 0 aromatic heterocycles. The number of carbonyl (C=O) groups excluding carboxylic acids is 1. The fraction of sp³-hybridized carbons (Fsp3) is 0.261. The van der Waals surface area contributed by atoms with Crippen LogP contribution in [0, 0.1) is 0 Å². The maximum absolute atomic E-state index is 12.4. The van der Waals surface area contributed by atoms with Crippen LogP contribution >= 0.6 is 0 Å². The van der Waals surface area contributed by atoms with Gasteiger partial charge in [0.1, 0.15) is 5.75 Å². The second kappa shape index (κ2) is 8.05. The predicted molar refractivity (Wildman–Crippen MR) is 106 cm³/mol. The van der Waals surface area contributed by atoms with E-state index in [9.17, 15) is 4.79 Å². The Balaban J connectivity index is 1.62. The van der Waals surface area contributed by atoms with Crippen molar-refractivity contribution in [3.8, 4) is 5.75 Å². The molecule has 0 bridgehead atoms. The predicted octanol–water partition coefficient (Wildman–Crippen LogP) is 5.05. The summed E-state index contributed by atoms with van der Waals surface area (Å²) in [5, 5.41) is 5.34. The van der Waals surface area contributed by atoms with Crippen molar-refractivity contribution in [3.05, 3.63) is 77.9 Å². The number of nitrogens with one attached hydrogen (secondary N) is 1. The molecular weight excluding hydrogens is 322 g/mol. The van der Waals surface area contributed by atoms with Gasteiger partial charge in [-0.2, -0.15) is 0 Å². The Morgan fingerprint density at radius 3 is 2.38 bits per heavy atom. The van der Waals surface area contributed by atoms with Crippen LogP contribution in [-0.4, -0.2) is 12.0 Å². The molecule has 1 N–H and O–H groups in total. The molecule has 26 heavy (non-hydrogen) atoms. The van der Waals surface area contributed by atoms with Gasteiger partial charge in [0.05, 0.1) is 0 Å². The summed E-state index contributed by atoms with van der Waals surface area (Å²) in [6.07, 6.45) is -0.546.